The average molecular weight is 549 g/mol. The summed E-state index contributed by atoms with van der Waals surface area (Å²) in [4.78, 5) is 23.9. The molecule has 3 aromatic rings. The summed E-state index contributed by atoms with van der Waals surface area (Å²) in [6, 6.07) is 17.6. The number of rotatable bonds is 7. The van der Waals surface area contributed by atoms with Gasteiger partial charge in [0.2, 0.25) is 0 Å². The van der Waals surface area contributed by atoms with Gasteiger partial charge in [0.1, 0.15) is 23.9 Å². The minimum absolute atomic E-state index is 0.222. The van der Waals surface area contributed by atoms with Gasteiger partial charge in [0.25, 0.3) is 5.91 Å². The van der Waals surface area contributed by atoms with Crippen molar-refractivity contribution in [3.8, 4) is 5.75 Å². The van der Waals surface area contributed by atoms with E-state index in [2.05, 4.69) is 37.2 Å². The number of hydrogen-bond acceptors (Lipinski definition) is 3. The van der Waals surface area contributed by atoms with Crippen LogP contribution >= 0.6 is 31.9 Å². The van der Waals surface area contributed by atoms with Crippen molar-refractivity contribution in [2.75, 3.05) is 0 Å². The summed E-state index contributed by atoms with van der Waals surface area (Å²) in [5, 5.41) is 11.9. The number of nitrogens with one attached hydrogen (secondary N) is 1. The van der Waals surface area contributed by atoms with E-state index in [0.29, 0.717) is 25.8 Å². The lowest BCUT2D eigenvalue weighted by molar-refractivity contribution is -0.132. The molecule has 8 heteroatoms. The van der Waals surface area contributed by atoms with Crippen LogP contribution in [0.25, 0.3) is 6.08 Å². The Hall–Kier alpha value is -2.97. The first-order chi connectivity index (χ1) is 14.8. The van der Waals surface area contributed by atoms with Crippen LogP contribution in [0.1, 0.15) is 21.5 Å². The Morgan fingerprint density at radius 1 is 1.00 bits per heavy atom. The Labute approximate surface area is 194 Å². The summed E-state index contributed by atoms with van der Waals surface area (Å²) >= 11 is 6.84. The third kappa shape index (κ3) is 6.26. The summed E-state index contributed by atoms with van der Waals surface area (Å²) in [5.41, 5.74) is 1.40. The Bertz CT molecular complexity index is 1110. The van der Waals surface area contributed by atoms with Gasteiger partial charge in [0, 0.05) is 5.56 Å². The Balaban J connectivity index is 1.79. The number of carbonyl (C=O) groups is 2. The molecule has 0 saturated carbocycles. The van der Waals surface area contributed by atoms with E-state index in [9.17, 15) is 19.1 Å². The maximum atomic E-state index is 13.0. The van der Waals surface area contributed by atoms with E-state index >= 15 is 0 Å². The SMILES string of the molecule is O=C(O)C(=Cc1cc(Br)c(OCc2ccc(F)cc2)c(Br)c1)NC(=O)c1ccccc1. The lowest BCUT2D eigenvalue weighted by Crippen LogP contribution is -2.27. The number of hydrogen-bond donors (Lipinski definition) is 2. The van der Waals surface area contributed by atoms with Gasteiger partial charge in [-0.3, -0.25) is 4.79 Å². The number of carbonyl (C=O) groups excluding carboxylic acids is 1. The molecule has 0 bridgehead atoms. The van der Waals surface area contributed by atoms with Gasteiger partial charge in [0.15, 0.2) is 0 Å². The second-order valence-electron chi connectivity index (χ2n) is 6.41. The van der Waals surface area contributed by atoms with E-state index in [-0.39, 0.29) is 18.1 Å². The van der Waals surface area contributed by atoms with Crippen LogP contribution in [0.2, 0.25) is 0 Å². The fourth-order valence-corrected chi connectivity index (χ4v) is 4.09. The molecule has 0 spiro atoms. The van der Waals surface area contributed by atoms with Crippen LogP contribution < -0.4 is 10.1 Å². The van der Waals surface area contributed by atoms with E-state index < -0.39 is 11.9 Å². The van der Waals surface area contributed by atoms with E-state index in [0.717, 1.165) is 5.56 Å². The second kappa shape index (κ2) is 10.4. The first kappa shape index (κ1) is 22.7. The monoisotopic (exact) mass is 547 g/mol. The average Bonchev–Trinajstić information content (AvgIpc) is 2.74. The number of aliphatic carboxylic acids is 1. The summed E-state index contributed by atoms with van der Waals surface area (Å²) in [5.74, 6) is -1.61. The normalized spacial score (nSPS) is 11.1. The van der Waals surface area contributed by atoms with Crippen LogP contribution in [-0.2, 0) is 11.4 Å². The van der Waals surface area contributed by atoms with Crippen molar-refractivity contribution in [2.24, 2.45) is 0 Å². The van der Waals surface area contributed by atoms with Gasteiger partial charge in [-0.2, -0.15) is 0 Å². The summed E-state index contributed by atoms with van der Waals surface area (Å²) in [6.07, 6.45) is 1.35. The molecule has 0 aliphatic rings. The highest BCUT2D eigenvalue weighted by atomic mass is 79.9. The van der Waals surface area contributed by atoms with Gasteiger partial charge in [0.05, 0.1) is 8.95 Å². The molecule has 0 heterocycles. The van der Waals surface area contributed by atoms with E-state index in [1.807, 2.05) is 0 Å². The van der Waals surface area contributed by atoms with Gasteiger partial charge in [-0.1, -0.05) is 30.3 Å². The molecule has 3 aromatic carbocycles. The molecule has 0 aliphatic heterocycles. The molecule has 5 nitrogen and oxygen atoms in total. The fourth-order valence-electron chi connectivity index (χ4n) is 2.64. The van der Waals surface area contributed by atoms with Crippen LogP contribution in [0.5, 0.6) is 5.75 Å². The quantitative estimate of drug-likeness (QED) is 0.367. The van der Waals surface area contributed by atoms with Gasteiger partial charge < -0.3 is 15.2 Å². The van der Waals surface area contributed by atoms with Crippen LogP contribution in [0.3, 0.4) is 0 Å². The Morgan fingerprint density at radius 2 is 1.61 bits per heavy atom. The van der Waals surface area contributed by atoms with Crippen molar-refractivity contribution < 1.29 is 23.8 Å². The van der Waals surface area contributed by atoms with Crippen molar-refractivity contribution in [3.63, 3.8) is 0 Å². The van der Waals surface area contributed by atoms with Gasteiger partial charge in [-0.15, -0.1) is 0 Å². The van der Waals surface area contributed by atoms with E-state index in [4.69, 9.17) is 4.74 Å². The highest BCUT2D eigenvalue weighted by molar-refractivity contribution is 9.11. The standard InChI is InChI=1S/C23H16Br2FNO4/c24-18-10-15(11-19(25)21(18)31-13-14-6-8-17(26)9-7-14)12-20(23(29)30)27-22(28)16-4-2-1-3-5-16/h1-12H,13H2,(H,27,28)(H,29,30). The smallest absolute Gasteiger partial charge is 0.352 e. The van der Waals surface area contributed by atoms with Crippen molar-refractivity contribution >= 4 is 49.8 Å². The molecule has 0 aromatic heterocycles. The molecule has 3 rings (SSSR count). The largest absolute Gasteiger partial charge is 0.487 e. The molecule has 0 radical (unpaired) electrons. The maximum absolute atomic E-state index is 13.0. The molecule has 0 saturated heterocycles. The minimum atomic E-state index is -1.27. The second-order valence-corrected chi connectivity index (χ2v) is 8.12. The predicted molar refractivity (Wildman–Crippen MR) is 122 cm³/mol. The number of carboxylic acid groups (broad SMARTS) is 1. The van der Waals surface area contributed by atoms with Crippen LogP contribution in [-0.4, -0.2) is 17.0 Å². The fraction of sp³-hybridized carbons (Fsp3) is 0.0435. The number of ether oxygens (including phenoxy) is 1. The molecule has 1 amide bonds. The van der Waals surface area contributed by atoms with Gasteiger partial charge in [-0.05, 0) is 85.5 Å². The van der Waals surface area contributed by atoms with Gasteiger partial charge >= 0.3 is 5.97 Å². The summed E-state index contributed by atoms with van der Waals surface area (Å²) < 4.78 is 20.0. The van der Waals surface area contributed by atoms with Crippen LogP contribution in [0.15, 0.2) is 81.4 Å². The molecule has 158 valence electrons. The maximum Gasteiger partial charge on any atom is 0.352 e. The highest BCUT2D eigenvalue weighted by Gasteiger charge is 2.15. The molecular weight excluding hydrogens is 533 g/mol. The van der Waals surface area contributed by atoms with Crippen LogP contribution in [0.4, 0.5) is 4.39 Å². The summed E-state index contributed by atoms with van der Waals surface area (Å²) in [7, 11) is 0. The van der Waals surface area contributed by atoms with Crippen molar-refractivity contribution in [1.29, 1.82) is 0 Å². The number of benzene rings is 3. The lowest BCUT2D eigenvalue weighted by atomic mass is 10.1. The van der Waals surface area contributed by atoms with Crippen molar-refractivity contribution in [1.82, 2.24) is 5.32 Å². The minimum Gasteiger partial charge on any atom is -0.487 e. The molecule has 0 aliphatic carbocycles. The topological polar surface area (TPSA) is 75.6 Å². The number of halogens is 3. The van der Waals surface area contributed by atoms with E-state index in [1.54, 1.807) is 54.6 Å². The zero-order chi connectivity index (χ0) is 22.4. The van der Waals surface area contributed by atoms with E-state index in [1.165, 1.54) is 18.2 Å². The number of amides is 1. The summed E-state index contributed by atoms with van der Waals surface area (Å²) in [6.45, 7) is 0.222. The molecule has 0 fully saturated rings. The zero-order valence-corrected chi connectivity index (χ0v) is 19.1. The third-order valence-corrected chi connectivity index (χ3v) is 5.32. The van der Waals surface area contributed by atoms with Crippen molar-refractivity contribution in [2.45, 2.75) is 6.61 Å². The van der Waals surface area contributed by atoms with Gasteiger partial charge in [-0.25, -0.2) is 9.18 Å². The molecule has 2 N–H and O–H groups in total. The zero-order valence-electron chi connectivity index (χ0n) is 15.9. The highest BCUT2D eigenvalue weighted by Crippen LogP contribution is 2.36. The third-order valence-electron chi connectivity index (χ3n) is 4.14. The molecular formula is C23H16Br2FNO4. The molecule has 0 unspecified atom stereocenters. The first-order valence-corrected chi connectivity index (χ1v) is 10.6. The lowest BCUT2D eigenvalue weighted by Gasteiger charge is -2.12. The molecule has 31 heavy (non-hydrogen) atoms. The Kier molecular flexibility index (Phi) is 7.59. The number of carboxylic acids is 1. The Morgan fingerprint density at radius 3 is 2.19 bits per heavy atom. The predicted octanol–water partition coefficient (Wildman–Crippen LogP) is 5.79. The molecule has 0 atom stereocenters. The first-order valence-electron chi connectivity index (χ1n) is 9.01. The van der Waals surface area contributed by atoms with Crippen molar-refractivity contribution in [3.05, 3.63) is 104 Å². The van der Waals surface area contributed by atoms with Crippen LogP contribution in [0, 0.1) is 5.82 Å².